The maximum atomic E-state index is 12.6. The number of methoxy groups -OCH3 is 1. The van der Waals surface area contributed by atoms with Gasteiger partial charge in [-0.05, 0) is 49.2 Å². The Morgan fingerprint density at radius 2 is 1.86 bits per heavy atom. The van der Waals surface area contributed by atoms with Crippen LogP contribution >= 0.6 is 23.4 Å². The van der Waals surface area contributed by atoms with Crippen LogP contribution in [0.5, 0.6) is 5.75 Å². The number of ether oxygens (including phenoxy) is 1. The first kappa shape index (κ1) is 20.0. The molecule has 0 saturated heterocycles. The summed E-state index contributed by atoms with van der Waals surface area (Å²) in [6.45, 7) is 0. The molecular weight excluding hydrogens is 406 g/mol. The van der Waals surface area contributed by atoms with Crippen LogP contribution in [0.2, 0.25) is 5.02 Å². The summed E-state index contributed by atoms with van der Waals surface area (Å²) in [5.41, 5.74) is 1.74. The minimum absolute atomic E-state index is 0.0849. The lowest BCUT2D eigenvalue weighted by Gasteiger charge is -2.15. The fourth-order valence-electron chi connectivity index (χ4n) is 3.55. The predicted octanol–water partition coefficient (Wildman–Crippen LogP) is 5.59. The molecule has 7 heteroatoms. The maximum absolute atomic E-state index is 12.6. The van der Waals surface area contributed by atoms with Gasteiger partial charge in [-0.2, -0.15) is 0 Å². The number of thioether (sulfide) groups is 1. The Hall–Kier alpha value is -2.31. The van der Waals surface area contributed by atoms with E-state index in [1.165, 1.54) is 11.8 Å². The molecule has 150 valence electrons. The maximum Gasteiger partial charge on any atom is 0.196 e. The highest BCUT2D eigenvalue weighted by Crippen LogP contribution is 2.36. The van der Waals surface area contributed by atoms with Crippen molar-refractivity contribution < 1.29 is 9.53 Å². The van der Waals surface area contributed by atoms with Crippen LogP contribution in [0.15, 0.2) is 53.7 Å². The van der Waals surface area contributed by atoms with Gasteiger partial charge in [0.05, 0.1) is 17.9 Å². The molecule has 0 amide bonds. The molecule has 1 heterocycles. The number of rotatable bonds is 5. The molecule has 1 aromatic heterocycles. The molecule has 4 rings (SSSR count). The highest BCUT2D eigenvalue weighted by molar-refractivity contribution is 8.00. The van der Waals surface area contributed by atoms with Crippen LogP contribution in [0.25, 0.3) is 17.1 Å². The minimum atomic E-state index is -0.0849. The van der Waals surface area contributed by atoms with Crippen LogP contribution < -0.4 is 4.74 Å². The van der Waals surface area contributed by atoms with Gasteiger partial charge >= 0.3 is 0 Å². The van der Waals surface area contributed by atoms with E-state index in [2.05, 4.69) is 10.2 Å². The number of Topliss-reactive ketones (excluding diaryl/α,β-unsaturated/α-hetero) is 1. The second-order valence-corrected chi connectivity index (χ2v) is 8.60. The van der Waals surface area contributed by atoms with E-state index < -0.39 is 0 Å². The van der Waals surface area contributed by atoms with Crippen molar-refractivity contribution in [2.75, 3.05) is 7.11 Å². The van der Waals surface area contributed by atoms with Gasteiger partial charge in [0.25, 0.3) is 0 Å². The van der Waals surface area contributed by atoms with Crippen LogP contribution in [0.3, 0.4) is 0 Å². The first-order valence-electron chi connectivity index (χ1n) is 9.71. The third-order valence-corrected chi connectivity index (χ3v) is 6.57. The van der Waals surface area contributed by atoms with Gasteiger partial charge in [0.1, 0.15) is 11.5 Å². The first-order valence-corrected chi connectivity index (χ1v) is 11.0. The van der Waals surface area contributed by atoms with Crippen molar-refractivity contribution in [1.29, 1.82) is 0 Å². The molecule has 1 atom stereocenters. The van der Waals surface area contributed by atoms with Crippen LogP contribution in [-0.4, -0.2) is 32.9 Å². The van der Waals surface area contributed by atoms with E-state index in [1.54, 1.807) is 7.11 Å². The number of nitrogens with zero attached hydrogens (tertiary/aromatic N) is 3. The van der Waals surface area contributed by atoms with Crippen molar-refractivity contribution in [3.8, 4) is 22.8 Å². The Morgan fingerprint density at radius 1 is 1.07 bits per heavy atom. The molecule has 3 aromatic rings. The van der Waals surface area contributed by atoms with E-state index in [9.17, 15) is 4.79 Å². The fourth-order valence-corrected chi connectivity index (χ4v) is 4.85. The Balaban J connectivity index is 1.80. The Morgan fingerprint density at radius 3 is 2.66 bits per heavy atom. The summed E-state index contributed by atoms with van der Waals surface area (Å²) in [4.78, 5) is 12.6. The topological polar surface area (TPSA) is 57.0 Å². The average Bonchev–Trinajstić information content (AvgIpc) is 3.05. The first-order chi connectivity index (χ1) is 14.2. The molecule has 0 aliphatic heterocycles. The van der Waals surface area contributed by atoms with E-state index in [0.717, 1.165) is 42.7 Å². The van der Waals surface area contributed by atoms with Gasteiger partial charge in [0, 0.05) is 17.1 Å². The van der Waals surface area contributed by atoms with Crippen molar-refractivity contribution in [1.82, 2.24) is 14.8 Å². The molecule has 0 unspecified atom stereocenters. The molecular formula is C22H22ClN3O2S. The Kier molecular flexibility index (Phi) is 6.21. The normalized spacial score (nSPS) is 17.2. The summed E-state index contributed by atoms with van der Waals surface area (Å²) in [6.07, 6.45) is 4.68. The molecule has 1 aliphatic rings. The van der Waals surface area contributed by atoms with Crippen LogP contribution in [0, 0.1) is 0 Å². The standard InChI is InChI=1S/C22H22ClN3O2S/c1-28-19-9-6-5-7-17(19)21-24-25-22(26(21)16-13-11-15(23)12-14-16)29-20-10-4-2-3-8-18(20)27/h5-7,9,11-14,20H,2-4,8,10H2,1H3/t20-/m0/s1. The monoisotopic (exact) mass is 427 g/mol. The number of aromatic nitrogens is 3. The van der Waals surface area contributed by atoms with E-state index in [0.29, 0.717) is 28.2 Å². The Bertz CT molecular complexity index is 1000. The summed E-state index contributed by atoms with van der Waals surface area (Å²) in [7, 11) is 1.64. The average molecular weight is 428 g/mol. The molecule has 0 radical (unpaired) electrons. The molecule has 1 aliphatic carbocycles. The predicted molar refractivity (Wildman–Crippen MR) is 116 cm³/mol. The summed E-state index contributed by atoms with van der Waals surface area (Å²) < 4.78 is 7.52. The Labute approximate surface area is 179 Å². The van der Waals surface area contributed by atoms with Crippen molar-refractivity contribution >= 4 is 29.1 Å². The molecule has 5 nitrogen and oxygen atoms in total. The number of hydrogen-bond acceptors (Lipinski definition) is 5. The smallest absolute Gasteiger partial charge is 0.196 e. The van der Waals surface area contributed by atoms with Gasteiger partial charge in [-0.15, -0.1) is 10.2 Å². The zero-order valence-corrected chi connectivity index (χ0v) is 17.7. The minimum Gasteiger partial charge on any atom is -0.496 e. The summed E-state index contributed by atoms with van der Waals surface area (Å²) in [5, 5.41) is 10.2. The number of ketones is 1. The largest absolute Gasteiger partial charge is 0.496 e. The van der Waals surface area contributed by atoms with Gasteiger partial charge in [0.15, 0.2) is 11.0 Å². The summed E-state index contributed by atoms with van der Waals surface area (Å²) in [5.74, 6) is 1.70. The number of carbonyl (C=O) groups excluding carboxylic acids is 1. The summed E-state index contributed by atoms with van der Waals surface area (Å²) >= 11 is 7.61. The number of carbonyl (C=O) groups is 1. The summed E-state index contributed by atoms with van der Waals surface area (Å²) in [6, 6.07) is 15.3. The SMILES string of the molecule is COc1ccccc1-c1nnc(S[C@H]2CCCCCC2=O)n1-c1ccc(Cl)cc1. The third kappa shape index (κ3) is 4.33. The molecule has 0 spiro atoms. The van der Waals surface area contributed by atoms with Crippen molar-refractivity contribution in [3.05, 3.63) is 53.6 Å². The van der Waals surface area contributed by atoms with Crippen LogP contribution in [0.4, 0.5) is 0 Å². The lowest BCUT2D eigenvalue weighted by molar-refractivity contribution is -0.118. The molecule has 0 N–H and O–H groups in total. The number of para-hydroxylation sites is 1. The van der Waals surface area contributed by atoms with E-state index in [-0.39, 0.29) is 5.25 Å². The van der Waals surface area contributed by atoms with E-state index in [1.807, 2.05) is 53.1 Å². The van der Waals surface area contributed by atoms with E-state index >= 15 is 0 Å². The van der Waals surface area contributed by atoms with Gasteiger partial charge < -0.3 is 4.74 Å². The van der Waals surface area contributed by atoms with Crippen molar-refractivity contribution in [2.45, 2.75) is 42.5 Å². The number of benzene rings is 2. The second-order valence-electron chi connectivity index (χ2n) is 6.99. The lowest BCUT2D eigenvalue weighted by atomic mass is 10.2. The lowest BCUT2D eigenvalue weighted by Crippen LogP contribution is -2.16. The van der Waals surface area contributed by atoms with Crippen molar-refractivity contribution in [2.24, 2.45) is 0 Å². The molecule has 2 aromatic carbocycles. The highest BCUT2D eigenvalue weighted by Gasteiger charge is 2.26. The third-order valence-electron chi connectivity index (χ3n) is 5.06. The van der Waals surface area contributed by atoms with Gasteiger partial charge in [-0.1, -0.05) is 48.3 Å². The molecule has 1 fully saturated rings. The van der Waals surface area contributed by atoms with Crippen LogP contribution in [-0.2, 0) is 4.79 Å². The highest BCUT2D eigenvalue weighted by atomic mass is 35.5. The molecule has 1 saturated carbocycles. The number of hydrogen-bond donors (Lipinski definition) is 0. The van der Waals surface area contributed by atoms with Gasteiger partial charge in [-0.3, -0.25) is 9.36 Å². The molecule has 29 heavy (non-hydrogen) atoms. The zero-order chi connectivity index (χ0) is 20.2. The second kappa shape index (κ2) is 9.01. The van der Waals surface area contributed by atoms with E-state index in [4.69, 9.17) is 16.3 Å². The van der Waals surface area contributed by atoms with Crippen molar-refractivity contribution in [3.63, 3.8) is 0 Å². The quantitative estimate of drug-likeness (QED) is 0.497. The molecule has 0 bridgehead atoms. The zero-order valence-electron chi connectivity index (χ0n) is 16.2. The fraction of sp³-hybridized carbons (Fsp3) is 0.318. The number of halogens is 1. The van der Waals surface area contributed by atoms with Gasteiger partial charge in [0.2, 0.25) is 0 Å². The van der Waals surface area contributed by atoms with Gasteiger partial charge in [-0.25, -0.2) is 0 Å². The van der Waals surface area contributed by atoms with Crippen LogP contribution in [0.1, 0.15) is 32.1 Å².